The molecular formula is C21H19N5O3S. The van der Waals surface area contributed by atoms with Gasteiger partial charge in [0, 0.05) is 43.8 Å². The number of thiazole rings is 1. The molecule has 8 nitrogen and oxygen atoms in total. The van der Waals surface area contributed by atoms with E-state index < -0.39 is 5.54 Å². The van der Waals surface area contributed by atoms with Crippen molar-refractivity contribution in [1.82, 2.24) is 24.8 Å². The van der Waals surface area contributed by atoms with Crippen LogP contribution in [0.2, 0.25) is 0 Å². The molecule has 2 fully saturated rings. The van der Waals surface area contributed by atoms with Crippen LogP contribution in [0, 0.1) is 0 Å². The Morgan fingerprint density at radius 1 is 1.13 bits per heavy atom. The maximum Gasteiger partial charge on any atom is 0.410 e. The number of fused-ring (bicyclic) bond motifs is 1. The number of nitrogens with zero attached hydrogens (tertiary/aromatic N) is 5. The van der Waals surface area contributed by atoms with E-state index in [-0.39, 0.29) is 18.6 Å². The van der Waals surface area contributed by atoms with Gasteiger partial charge in [0.2, 0.25) is 0 Å². The third-order valence-corrected chi connectivity index (χ3v) is 6.32. The van der Waals surface area contributed by atoms with Gasteiger partial charge in [0.15, 0.2) is 10.8 Å². The van der Waals surface area contributed by atoms with E-state index in [0.717, 1.165) is 5.56 Å². The monoisotopic (exact) mass is 421 g/mol. The first-order valence-corrected chi connectivity index (χ1v) is 10.5. The smallest absolute Gasteiger partial charge is 0.410 e. The normalized spacial score (nSPS) is 20.7. The van der Waals surface area contributed by atoms with Gasteiger partial charge >= 0.3 is 6.09 Å². The molecule has 2 amide bonds. The molecule has 3 aromatic rings. The average molecular weight is 421 g/mol. The molecular weight excluding hydrogens is 402 g/mol. The molecule has 0 spiro atoms. The Hall–Kier alpha value is -3.33. The molecule has 1 atom stereocenters. The number of piperazine rings is 1. The van der Waals surface area contributed by atoms with Crippen LogP contribution in [-0.4, -0.2) is 68.5 Å². The summed E-state index contributed by atoms with van der Waals surface area (Å²) in [6.45, 7) is 1.56. The molecule has 2 aliphatic rings. The zero-order chi connectivity index (χ0) is 20.6. The molecule has 30 heavy (non-hydrogen) atoms. The molecule has 0 saturated carbocycles. The molecule has 0 radical (unpaired) electrons. The molecule has 152 valence electrons. The minimum Gasteiger partial charge on any atom is -0.447 e. The minimum atomic E-state index is -0.562. The quantitative estimate of drug-likeness (QED) is 0.643. The van der Waals surface area contributed by atoms with Crippen LogP contribution >= 0.6 is 11.3 Å². The van der Waals surface area contributed by atoms with Gasteiger partial charge in [0.25, 0.3) is 5.91 Å². The van der Waals surface area contributed by atoms with Gasteiger partial charge in [0.05, 0.1) is 0 Å². The van der Waals surface area contributed by atoms with E-state index >= 15 is 0 Å². The van der Waals surface area contributed by atoms with Crippen molar-refractivity contribution in [2.75, 3.05) is 26.2 Å². The summed E-state index contributed by atoms with van der Waals surface area (Å²) in [6.07, 6.45) is 3.61. The van der Waals surface area contributed by atoms with Crippen LogP contribution in [0.4, 0.5) is 4.79 Å². The van der Waals surface area contributed by atoms with Crippen LogP contribution in [0.25, 0.3) is 10.8 Å². The number of hydrogen-bond donors (Lipinski definition) is 0. The van der Waals surface area contributed by atoms with E-state index in [4.69, 9.17) is 4.74 Å². The summed E-state index contributed by atoms with van der Waals surface area (Å²) >= 11 is 1.34. The van der Waals surface area contributed by atoms with E-state index in [1.165, 1.54) is 11.3 Å². The first kappa shape index (κ1) is 18.7. The summed E-state index contributed by atoms with van der Waals surface area (Å²) in [6, 6.07) is 11.7. The number of carbonyl (C=O) groups is 2. The van der Waals surface area contributed by atoms with Gasteiger partial charge in [-0.25, -0.2) is 19.7 Å². The highest BCUT2D eigenvalue weighted by molar-refractivity contribution is 7.13. The molecule has 2 aromatic heterocycles. The van der Waals surface area contributed by atoms with Crippen LogP contribution in [-0.2, 0) is 11.2 Å². The largest absolute Gasteiger partial charge is 0.447 e. The van der Waals surface area contributed by atoms with Crippen molar-refractivity contribution >= 4 is 23.3 Å². The van der Waals surface area contributed by atoms with Crippen LogP contribution in [0.15, 0.2) is 54.2 Å². The topological polar surface area (TPSA) is 88.5 Å². The van der Waals surface area contributed by atoms with Crippen molar-refractivity contribution in [2.24, 2.45) is 0 Å². The maximum atomic E-state index is 13.2. The molecule has 0 aliphatic carbocycles. The summed E-state index contributed by atoms with van der Waals surface area (Å²) in [5.41, 5.74) is 0.913. The second kappa shape index (κ2) is 7.49. The summed E-state index contributed by atoms with van der Waals surface area (Å²) in [5, 5.41) is 2.34. The molecule has 0 bridgehead atoms. The van der Waals surface area contributed by atoms with Gasteiger partial charge in [0.1, 0.15) is 17.8 Å². The van der Waals surface area contributed by atoms with Crippen LogP contribution < -0.4 is 0 Å². The van der Waals surface area contributed by atoms with Crippen molar-refractivity contribution in [1.29, 1.82) is 0 Å². The van der Waals surface area contributed by atoms with Crippen LogP contribution in [0.3, 0.4) is 0 Å². The summed E-state index contributed by atoms with van der Waals surface area (Å²) < 4.78 is 5.39. The first-order valence-electron chi connectivity index (χ1n) is 9.65. The minimum absolute atomic E-state index is 0.153. The Bertz CT molecular complexity index is 1070. The third-order valence-electron chi connectivity index (χ3n) is 5.48. The van der Waals surface area contributed by atoms with Gasteiger partial charge in [-0.2, -0.15) is 0 Å². The highest BCUT2D eigenvalue weighted by Gasteiger charge is 2.51. The maximum absolute atomic E-state index is 13.2. The molecule has 2 aliphatic heterocycles. The first-order chi connectivity index (χ1) is 14.6. The van der Waals surface area contributed by atoms with E-state index in [1.54, 1.807) is 33.6 Å². The Morgan fingerprint density at radius 3 is 2.73 bits per heavy atom. The summed E-state index contributed by atoms with van der Waals surface area (Å²) in [7, 11) is 0. The van der Waals surface area contributed by atoms with E-state index in [1.807, 2.05) is 30.3 Å². The van der Waals surface area contributed by atoms with Gasteiger partial charge in [-0.1, -0.05) is 30.3 Å². The van der Waals surface area contributed by atoms with Gasteiger partial charge < -0.3 is 9.64 Å². The van der Waals surface area contributed by atoms with Gasteiger partial charge in [-0.15, -0.1) is 11.3 Å². The standard InChI is InChI=1S/C21H19N5O3S/c27-19(16-12-30-18(24-16)17-22-7-4-8-23-17)25-9-10-26-20(28)29-14-21(26,13-25)11-15-5-2-1-3-6-15/h1-8,12H,9-11,13-14H2. The Balaban J connectivity index is 1.39. The number of benzene rings is 1. The fourth-order valence-corrected chi connectivity index (χ4v) is 4.80. The molecule has 9 heteroatoms. The summed E-state index contributed by atoms with van der Waals surface area (Å²) in [5.74, 6) is 0.349. The third kappa shape index (κ3) is 3.30. The highest BCUT2D eigenvalue weighted by Crippen LogP contribution is 2.33. The zero-order valence-corrected chi connectivity index (χ0v) is 16.9. The Kier molecular flexibility index (Phi) is 4.66. The van der Waals surface area contributed by atoms with Gasteiger partial charge in [-0.05, 0) is 11.6 Å². The predicted octanol–water partition coefficient (Wildman–Crippen LogP) is 2.49. The average Bonchev–Trinajstić information content (AvgIpc) is 3.40. The van der Waals surface area contributed by atoms with Crippen LogP contribution in [0.5, 0.6) is 0 Å². The van der Waals surface area contributed by atoms with E-state index in [9.17, 15) is 9.59 Å². The molecule has 2 saturated heterocycles. The van der Waals surface area contributed by atoms with Crippen molar-refractivity contribution in [3.8, 4) is 10.8 Å². The van der Waals surface area contributed by atoms with E-state index in [2.05, 4.69) is 15.0 Å². The molecule has 4 heterocycles. The molecule has 0 N–H and O–H groups in total. The van der Waals surface area contributed by atoms with E-state index in [0.29, 0.717) is 42.6 Å². The predicted molar refractivity (Wildman–Crippen MR) is 110 cm³/mol. The SMILES string of the molecule is O=C(c1csc(-c2ncccn2)n1)N1CCN2C(=O)OCC2(Cc2ccccc2)C1. The fourth-order valence-electron chi connectivity index (χ4n) is 4.06. The fraction of sp³-hybridized carbons (Fsp3) is 0.286. The van der Waals surface area contributed by atoms with Crippen LogP contribution in [0.1, 0.15) is 16.1 Å². The lowest BCUT2D eigenvalue weighted by molar-refractivity contribution is 0.0371. The lowest BCUT2D eigenvalue weighted by Gasteiger charge is -2.44. The van der Waals surface area contributed by atoms with Crippen molar-refractivity contribution in [2.45, 2.75) is 12.0 Å². The number of rotatable bonds is 4. The zero-order valence-electron chi connectivity index (χ0n) is 16.1. The molecule has 5 rings (SSSR count). The lowest BCUT2D eigenvalue weighted by atomic mass is 9.88. The number of aromatic nitrogens is 3. The van der Waals surface area contributed by atoms with Gasteiger partial charge in [-0.3, -0.25) is 9.69 Å². The number of ether oxygens (including phenoxy) is 1. The van der Waals surface area contributed by atoms with Crippen molar-refractivity contribution in [3.05, 3.63) is 65.4 Å². The lowest BCUT2D eigenvalue weighted by Crippen LogP contribution is -2.63. The number of amides is 2. The number of carbonyl (C=O) groups excluding carboxylic acids is 2. The second-order valence-corrected chi connectivity index (χ2v) is 8.29. The highest BCUT2D eigenvalue weighted by atomic mass is 32.1. The van der Waals surface area contributed by atoms with Crippen molar-refractivity contribution < 1.29 is 14.3 Å². The molecule has 1 unspecified atom stereocenters. The Morgan fingerprint density at radius 2 is 1.93 bits per heavy atom. The molecule has 1 aromatic carbocycles. The summed E-state index contributed by atoms with van der Waals surface area (Å²) in [4.78, 5) is 41.9. The number of cyclic esters (lactones) is 1. The number of hydrogen-bond acceptors (Lipinski definition) is 7. The Labute approximate surface area is 177 Å². The second-order valence-electron chi connectivity index (χ2n) is 7.43. The van der Waals surface area contributed by atoms with Crippen molar-refractivity contribution in [3.63, 3.8) is 0 Å².